The zero-order valence-corrected chi connectivity index (χ0v) is 12.6. The Balaban J connectivity index is 2.41. The monoisotopic (exact) mass is 298 g/mol. The third-order valence-electron chi connectivity index (χ3n) is 2.96. The molecule has 2 atom stereocenters. The normalized spacial score (nSPS) is 14.5. The van der Waals surface area contributed by atoms with Crippen LogP contribution in [0.4, 0.5) is 4.39 Å². The molecule has 21 heavy (non-hydrogen) atoms. The van der Waals surface area contributed by atoms with Gasteiger partial charge in [-0.05, 0) is 29.7 Å². The SMILES string of the molecule is CC(C)(C)[C@H](NCC(O)COc1ccc(F)cc1)C(N)=O. The summed E-state index contributed by atoms with van der Waals surface area (Å²) >= 11 is 0. The first-order chi connectivity index (χ1) is 9.70. The van der Waals surface area contributed by atoms with Crippen molar-refractivity contribution in [2.24, 2.45) is 11.1 Å². The van der Waals surface area contributed by atoms with Gasteiger partial charge in [-0.3, -0.25) is 4.79 Å². The highest BCUT2D eigenvalue weighted by molar-refractivity contribution is 5.80. The minimum Gasteiger partial charge on any atom is -0.491 e. The molecule has 0 bridgehead atoms. The largest absolute Gasteiger partial charge is 0.491 e. The zero-order chi connectivity index (χ0) is 16.0. The quantitative estimate of drug-likeness (QED) is 0.702. The van der Waals surface area contributed by atoms with Gasteiger partial charge in [-0.2, -0.15) is 0 Å². The molecule has 6 heteroatoms. The van der Waals surface area contributed by atoms with Crippen LogP contribution in [-0.4, -0.2) is 36.3 Å². The molecule has 0 aromatic heterocycles. The van der Waals surface area contributed by atoms with Gasteiger partial charge in [-0.25, -0.2) is 4.39 Å². The Hall–Kier alpha value is -1.66. The summed E-state index contributed by atoms with van der Waals surface area (Å²) in [5, 5.41) is 12.8. The fourth-order valence-corrected chi connectivity index (χ4v) is 1.87. The lowest BCUT2D eigenvalue weighted by atomic mass is 9.86. The van der Waals surface area contributed by atoms with E-state index in [1.807, 2.05) is 20.8 Å². The topological polar surface area (TPSA) is 84.6 Å². The van der Waals surface area contributed by atoms with Crippen molar-refractivity contribution in [2.75, 3.05) is 13.2 Å². The van der Waals surface area contributed by atoms with E-state index in [1.54, 1.807) is 0 Å². The van der Waals surface area contributed by atoms with E-state index in [4.69, 9.17) is 10.5 Å². The lowest BCUT2D eigenvalue weighted by molar-refractivity contribution is -0.122. The first-order valence-electron chi connectivity index (χ1n) is 6.79. The molecule has 0 aliphatic heterocycles. The van der Waals surface area contributed by atoms with Crippen LogP contribution in [0.15, 0.2) is 24.3 Å². The van der Waals surface area contributed by atoms with Gasteiger partial charge >= 0.3 is 0 Å². The predicted octanol–water partition coefficient (Wildman–Crippen LogP) is 1.06. The summed E-state index contributed by atoms with van der Waals surface area (Å²) in [5.41, 5.74) is 4.99. The van der Waals surface area contributed by atoms with Crippen molar-refractivity contribution >= 4 is 5.91 Å². The second-order valence-corrected chi connectivity index (χ2v) is 6.03. The Morgan fingerprint density at radius 1 is 1.38 bits per heavy atom. The molecule has 1 aromatic rings. The Morgan fingerprint density at radius 3 is 2.43 bits per heavy atom. The van der Waals surface area contributed by atoms with Crippen LogP contribution in [0.2, 0.25) is 0 Å². The summed E-state index contributed by atoms with van der Waals surface area (Å²) < 4.78 is 18.1. The molecule has 0 fully saturated rings. The van der Waals surface area contributed by atoms with E-state index >= 15 is 0 Å². The maximum absolute atomic E-state index is 12.7. The number of hydrogen-bond donors (Lipinski definition) is 3. The summed E-state index contributed by atoms with van der Waals surface area (Å²) in [4.78, 5) is 11.4. The number of halogens is 1. The molecule has 0 aliphatic rings. The number of benzene rings is 1. The van der Waals surface area contributed by atoms with Crippen LogP contribution >= 0.6 is 0 Å². The van der Waals surface area contributed by atoms with Crippen LogP contribution in [0, 0.1) is 11.2 Å². The third kappa shape index (κ3) is 6.10. The molecule has 118 valence electrons. The molecule has 0 aliphatic carbocycles. The summed E-state index contributed by atoms with van der Waals surface area (Å²) in [5.74, 6) is -0.342. The van der Waals surface area contributed by atoms with E-state index in [2.05, 4.69) is 5.32 Å². The Kier molecular flexibility index (Phi) is 6.11. The van der Waals surface area contributed by atoms with Gasteiger partial charge in [0.25, 0.3) is 0 Å². The van der Waals surface area contributed by atoms with Crippen LogP contribution in [0.1, 0.15) is 20.8 Å². The van der Waals surface area contributed by atoms with E-state index in [-0.39, 0.29) is 24.4 Å². The maximum Gasteiger partial charge on any atom is 0.235 e. The first-order valence-corrected chi connectivity index (χ1v) is 6.79. The fraction of sp³-hybridized carbons (Fsp3) is 0.533. The Morgan fingerprint density at radius 2 is 1.95 bits per heavy atom. The van der Waals surface area contributed by atoms with Gasteiger partial charge in [0.05, 0.1) is 6.04 Å². The molecule has 0 radical (unpaired) electrons. The Bertz CT molecular complexity index is 457. The molecule has 1 rings (SSSR count). The van der Waals surface area contributed by atoms with Crippen LogP contribution in [0.3, 0.4) is 0 Å². The number of amides is 1. The summed E-state index contributed by atoms with van der Waals surface area (Å²) in [6.07, 6.45) is -0.806. The minimum absolute atomic E-state index is 0.0360. The van der Waals surface area contributed by atoms with Crippen LogP contribution in [0.25, 0.3) is 0 Å². The molecule has 0 saturated heterocycles. The van der Waals surface area contributed by atoms with Crippen LogP contribution in [-0.2, 0) is 4.79 Å². The average Bonchev–Trinajstić information content (AvgIpc) is 2.36. The standard InChI is InChI=1S/C15H23FN2O3/c1-15(2,3)13(14(17)20)18-8-11(19)9-21-12-6-4-10(16)5-7-12/h4-7,11,13,18-19H,8-9H2,1-3H3,(H2,17,20)/t11?,13-/m1/s1. The lowest BCUT2D eigenvalue weighted by Gasteiger charge is -2.29. The van der Waals surface area contributed by atoms with Crippen molar-refractivity contribution in [3.63, 3.8) is 0 Å². The van der Waals surface area contributed by atoms with Crippen molar-refractivity contribution < 1.29 is 19.0 Å². The van der Waals surface area contributed by atoms with Crippen molar-refractivity contribution in [2.45, 2.75) is 32.9 Å². The van der Waals surface area contributed by atoms with Gasteiger partial charge < -0.3 is 20.9 Å². The smallest absolute Gasteiger partial charge is 0.235 e. The fourth-order valence-electron chi connectivity index (χ4n) is 1.87. The number of carbonyl (C=O) groups is 1. The van der Waals surface area contributed by atoms with Crippen molar-refractivity contribution in [3.05, 3.63) is 30.1 Å². The third-order valence-corrected chi connectivity index (χ3v) is 2.96. The summed E-state index contributed by atoms with van der Waals surface area (Å²) in [6.45, 7) is 5.87. The van der Waals surface area contributed by atoms with Gasteiger partial charge in [-0.15, -0.1) is 0 Å². The number of aliphatic hydroxyl groups excluding tert-OH is 1. The molecule has 0 spiro atoms. The predicted molar refractivity (Wildman–Crippen MR) is 78.3 cm³/mol. The number of primary amides is 1. The number of ether oxygens (including phenoxy) is 1. The first kappa shape index (κ1) is 17.4. The molecule has 0 saturated carbocycles. The minimum atomic E-state index is -0.806. The second-order valence-electron chi connectivity index (χ2n) is 6.03. The van der Waals surface area contributed by atoms with Gasteiger partial charge in [0.2, 0.25) is 5.91 Å². The molecule has 4 N–H and O–H groups in total. The van der Waals surface area contributed by atoms with Crippen molar-refractivity contribution in [1.82, 2.24) is 5.32 Å². The highest BCUT2D eigenvalue weighted by Gasteiger charge is 2.29. The van der Waals surface area contributed by atoms with E-state index in [9.17, 15) is 14.3 Å². The van der Waals surface area contributed by atoms with Gasteiger partial charge in [-0.1, -0.05) is 20.8 Å². The molecule has 0 heterocycles. The summed E-state index contributed by atoms with van der Waals surface area (Å²) in [7, 11) is 0. The van der Waals surface area contributed by atoms with Crippen LogP contribution < -0.4 is 15.8 Å². The number of aliphatic hydroxyl groups is 1. The lowest BCUT2D eigenvalue weighted by Crippen LogP contribution is -2.52. The number of hydrogen-bond acceptors (Lipinski definition) is 4. The number of nitrogens with one attached hydrogen (secondary N) is 1. The van der Waals surface area contributed by atoms with E-state index in [0.29, 0.717) is 5.75 Å². The van der Waals surface area contributed by atoms with Crippen LogP contribution in [0.5, 0.6) is 5.75 Å². The Labute approximate surface area is 124 Å². The van der Waals surface area contributed by atoms with Gasteiger partial charge in [0, 0.05) is 6.54 Å². The highest BCUT2D eigenvalue weighted by atomic mass is 19.1. The number of nitrogens with two attached hydrogens (primary N) is 1. The second kappa shape index (κ2) is 7.38. The van der Waals surface area contributed by atoms with Gasteiger partial charge in [0.15, 0.2) is 0 Å². The average molecular weight is 298 g/mol. The number of rotatable bonds is 7. The molecule has 1 amide bonds. The van der Waals surface area contributed by atoms with Crippen molar-refractivity contribution in [1.29, 1.82) is 0 Å². The molecular weight excluding hydrogens is 275 g/mol. The molecule has 1 aromatic carbocycles. The van der Waals surface area contributed by atoms with E-state index < -0.39 is 18.1 Å². The molecular formula is C15H23FN2O3. The van der Waals surface area contributed by atoms with Gasteiger partial charge in [0.1, 0.15) is 24.3 Å². The molecule has 5 nitrogen and oxygen atoms in total. The highest BCUT2D eigenvalue weighted by Crippen LogP contribution is 2.18. The zero-order valence-electron chi connectivity index (χ0n) is 12.6. The van der Waals surface area contributed by atoms with E-state index in [0.717, 1.165) is 0 Å². The maximum atomic E-state index is 12.7. The van der Waals surface area contributed by atoms with Crippen molar-refractivity contribution in [3.8, 4) is 5.75 Å². The molecule has 1 unspecified atom stereocenters. The number of carbonyl (C=O) groups excluding carboxylic acids is 1. The van der Waals surface area contributed by atoms with E-state index in [1.165, 1.54) is 24.3 Å². The summed E-state index contributed by atoms with van der Waals surface area (Å²) in [6, 6.07) is 4.98.